The molecule has 1 heterocycles. The van der Waals surface area contributed by atoms with Gasteiger partial charge in [-0.1, -0.05) is 66.7 Å². The highest BCUT2D eigenvalue weighted by Crippen LogP contribution is 2.40. The smallest absolute Gasteiger partial charge is 0.373 e. The Balaban J connectivity index is 1.62. The van der Waals surface area contributed by atoms with Gasteiger partial charge in [-0.2, -0.15) is 4.98 Å². The molecule has 5 aromatic rings. The van der Waals surface area contributed by atoms with Crippen LogP contribution in [0, 0.1) is 10.1 Å². The van der Waals surface area contributed by atoms with Gasteiger partial charge >= 0.3 is 11.6 Å². The van der Waals surface area contributed by atoms with Crippen molar-refractivity contribution in [1.29, 1.82) is 0 Å². The standard InChI is InChI=1S/C26H20N4O3/c1-2-29(23-13-7-11-19-9-5-6-12-22(19)23)25-24(30(31)32)26(28-17-27-25)33-21-15-14-18-8-3-4-10-20(18)16-21/h3-17H,2H2,1H3. The minimum absolute atomic E-state index is 0.0982. The van der Waals surface area contributed by atoms with Gasteiger partial charge in [0.1, 0.15) is 12.1 Å². The molecule has 0 spiro atoms. The first-order valence-corrected chi connectivity index (χ1v) is 10.6. The number of hydrogen-bond acceptors (Lipinski definition) is 6. The Morgan fingerprint density at radius 2 is 1.61 bits per heavy atom. The lowest BCUT2D eigenvalue weighted by Gasteiger charge is -2.23. The second kappa shape index (κ2) is 8.55. The number of aromatic nitrogens is 2. The maximum absolute atomic E-state index is 12.2. The highest BCUT2D eigenvalue weighted by atomic mass is 16.6. The average molecular weight is 436 g/mol. The first kappa shape index (κ1) is 20.4. The van der Waals surface area contributed by atoms with Gasteiger partial charge in [0, 0.05) is 11.9 Å². The van der Waals surface area contributed by atoms with E-state index in [0.29, 0.717) is 12.3 Å². The number of anilines is 2. The second-order valence-electron chi connectivity index (χ2n) is 7.46. The maximum Gasteiger partial charge on any atom is 0.373 e. The summed E-state index contributed by atoms with van der Waals surface area (Å²) >= 11 is 0. The summed E-state index contributed by atoms with van der Waals surface area (Å²) in [5.74, 6) is 0.554. The Hall–Kier alpha value is -4.52. The van der Waals surface area contributed by atoms with Gasteiger partial charge in [-0.25, -0.2) is 4.98 Å². The molecule has 0 saturated carbocycles. The largest absolute Gasteiger partial charge is 0.434 e. The number of nitro groups is 1. The highest BCUT2D eigenvalue weighted by Gasteiger charge is 2.29. The lowest BCUT2D eigenvalue weighted by atomic mass is 10.1. The molecular formula is C26H20N4O3. The van der Waals surface area contributed by atoms with Crippen molar-refractivity contribution in [2.45, 2.75) is 6.92 Å². The van der Waals surface area contributed by atoms with Crippen LogP contribution >= 0.6 is 0 Å². The molecule has 33 heavy (non-hydrogen) atoms. The van der Waals surface area contributed by atoms with Crippen molar-refractivity contribution in [2.75, 3.05) is 11.4 Å². The van der Waals surface area contributed by atoms with E-state index >= 15 is 0 Å². The van der Waals surface area contributed by atoms with Crippen molar-refractivity contribution in [2.24, 2.45) is 0 Å². The van der Waals surface area contributed by atoms with E-state index in [9.17, 15) is 10.1 Å². The zero-order valence-corrected chi connectivity index (χ0v) is 17.9. The van der Waals surface area contributed by atoms with Crippen LogP contribution in [0.25, 0.3) is 21.5 Å². The van der Waals surface area contributed by atoms with Crippen molar-refractivity contribution < 1.29 is 9.66 Å². The molecule has 0 saturated heterocycles. The van der Waals surface area contributed by atoms with E-state index in [4.69, 9.17) is 4.74 Å². The van der Waals surface area contributed by atoms with Crippen molar-refractivity contribution in [3.05, 3.63) is 101 Å². The Morgan fingerprint density at radius 3 is 2.39 bits per heavy atom. The molecule has 0 atom stereocenters. The number of nitrogens with zero attached hydrogens (tertiary/aromatic N) is 4. The molecule has 5 rings (SSSR count). The number of hydrogen-bond donors (Lipinski definition) is 0. The van der Waals surface area contributed by atoms with Crippen LogP contribution in [0.1, 0.15) is 6.92 Å². The Kier molecular flexibility index (Phi) is 5.28. The SMILES string of the molecule is CCN(c1ncnc(Oc2ccc3ccccc3c2)c1[N+](=O)[O-])c1cccc2ccccc12. The third-order valence-electron chi connectivity index (χ3n) is 5.52. The van der Waals surface area contributed by atoms with E-state index in [0.717, 1.165) is 27.2 Å². The van der Waals surface area contributed by atoms with Crippen molar-refractivity contribution >= 4 is 38.7 Å². The summed E-state index contributed by atoms with van der Waals surface area (Å²) in [5, 5.41) is 16.2. The predicted octanol–water partition coefficient (Wildman–Crippen LogP) is 6.64. The van der Waals surface area contributed by atoms with Gasteiger partial charge in [0.25, 0.3) is 0 Å². The fraction of sp³-hybridized carbons (Fsp3) is 0.0769. The topological polar surface area (TPSA) is 81.4 Å². The lowest BCUT2D eigenvalue weighted by Crippen LogP contribution is -2.19. The van der Waals surface area contributed by atoms with Gasteiger partial charge in [0.05, 0.1) is 10.6 Å². The van der Waals surface area contributed by atoms with Crippen molar-refractivity contribution in [1.82, 2.24) is 9.97 Å². The van der Waals surface area contributed by atoms with Gasteiger partial charge in [-0.15, -0.1) is 0 Å². The highest BCUT2D eigenvalue weighted by molar-refractivity contribution is 5.96. The van der Waals surface area contributed by atoms with E-state index in [2.05, 4.69) is 9.97 Å². The summed E-state index contributed by atoms with van der Waals surface area (Å²) in [6, 6.07) is 27.1. The van der Waals surface area contributed by atoms with Crippen LogP contribution in [0.4, 0.5) is 17.2 Å². The molecule has 0 aliphatic carbocycles. The monoisotopic (exact) mass is 436 g/mol. The van der Waals surface area contributed by atoms with Crippen LogP contribution in [0.3, 0.4) is 0 Å². The second-order valence-corrected chi connectivity index (χ2v) is 7.46. The zero-order chi connectivity index (χ0) is 22.8. The van der Waals surface area contributed by atoms with Crippen molar-refractivity contribution in [3.8, 4) is 11.6 Å². The third-order valence-corrected chi connectivity index (χ3v) is 5.52. The predicted molar refractivity (Wildman–Crippen MR) is 129 cm³/mol. The van der Waals surface area contributed by atoms with Crippen LogP contribution in [0.15, 0.2) is 91.3 Å². The Morgan fingerprint density at radius 1 is 0.879 bits per heavy atom. The first-order chi connectivity index (χ1) is 16.2. The molecule has 0 fully saturated rings. The molecule has 0 aliphatic rings. The maximum atomic E-state index is 12.2. The van der Waals surface area contributed by atoms with E-state index in [-0.39, 0.29) is 17.4 Å². The molecule has 0 aliphatic heterocycles. The van der Waals surface area contributed by atoms with E-state index in [1.165, 1.54) is 6.33 Å². The summed E-state index contributed by atoms with van der Waals surface area (Å²) in [6.45, 7) is 2.40. The summed E-state index contributed by atoms with van der Waals surface area (Å²) in [6.07, 6.45) is 1.30. The number of fused-ring (bicyclic) bond motifs is 2. The summed E-state index contributed by atoms with van der Waals surface area (Å²) < 4.78 is 5.92. The molecule has 0 amide bonds. The molecule has 7 nitrogen and oxygen atoms in total. The van der Waals surface area contributed by atoms with Crippen LogP contribution < -0.4 is 9.64 Å². The normalized spacial score (nSPS) is 10.9. The van der Waals surface area contributed by atoms with E-state index in [1.807, 2.05) is 90.7 Å². The number of benzene rings is 4. The van der Waals surface area contributed by atoms with Crippen LogP contribution in [-0.2, 0) is 0 Å². The van der Waals surface area contributed by atoms with Crippen LogP contribution in [0.5, 0.6) is 11.6 Å². The average Bonchev–Trinajstić information content (AvgIpc) is 2.84. The molecule has 7 heteroatoms. The van der Waals surface area contributed by atoms with Crippen molar-refractivity contribution in [3.63, 3.8) is 0 Å². The van der Waals surface area contributed by atoms with Gasteiger partial charge < -0.3 is 9.64 Å². The fourth-order valence-electron chi connectivity index (χ4n) is 4.01. The minimum atomic E-state index is -0.487. The molecule has 1 aromatic heterocycles. The summed E-state index contributed by atoms with van der Waals surface area (Å²) in [4.78, 5) is 21.9. The summed E-state index contributed by atoms with van der Waals surface area (Å²) in [7, 11) is 0. The molecule has 162 valence electrons. The van der Waals surface area contributed by atoms with Gasteiger partial charge in [-0.3, -0.25) is 10.1 Å². The summed E-state index contributed by atoms with van der Waals surface area (Å²) in [5.41, 5.74) is 0.550. The van der Waals surface area contributed by atoms with Crippen LogP contribution in [0.2, 0.25) is 0 Å². The van der Waals surface area contributed by atoms with Gasteiger partial charge in [-0.05, 0) is 41.3 Å². The molecule has 0 radical (unpaired) electrons. The number of rotatable bonds is 6. The number of ether oxygens (including phenoxy) is 1. The minimum Gasteiger partial charge on any atom is -0.434 e. The molecule has 4 aromatic carbocycles. The lowest BCUT2D eigenvalue weighted by molar-refractivity contribution is -0.385. The molecule has 0 unspecified atom stereocenters. The quantitative estimate of drug-likeness (QED) is 0.219. The molecule has 0 N–H and O–H groups in total. The molecular weight excluding hydrogens is 416 g/mol. The third kappa shape index (κ3) is 3.80. The Labute approximate surface area is 190 Å². The Bertz CT molecular complexity index is 1480. The van der Waals surface area contributed by atoms with E-state index < -0.39 is 4.92 Å². The fourth-order valence-corrected chi connectivity index (χ4v) is 4.01. The van der Waals surface area contributed by atoms with Gasteiger partial charge in [0.2, 0.25) is 5.82 Å². The molecule has 0 bridgehead atoms. The zero-order valence-electron chi connectivity index (χ0n) is 17.9. The first-order valence-electron chi connectivity index (χ1n) is 10.6. The van der Waals surface area contributed by atoms with Crippen LogP contribution in [-0.4, -0.2) is 21.4 Å². The van der Waals surface area contributed by atoms with E-state index in [1.54, 1.807) is 6.07 Å². The van der Waals surface area contributed by atoms with Gasteiger partial charge in [0.15, 0.2) is 0 Å².